The van der Waals surface area contributed by atoms with Crippen molar-refractivity contribution in [2.24, 2.45) is 5.73 Å². The molecule has 1 heterocycles. The Bertz CT molecular complexity index is 666. The van der Waals surface area contributed by atoms with Crippen molar-refractivity contribution in [3.05, 3.63) is 24.3 Å². The Labute approximate surface area is 150 Å². The first-order chi connectivity index (χ1) is 12.4. The van der Waals surface area contributed by atoms with E-state index in [0.29, 0.717) is 37.2 Å². The molecule has 1 aliphatic heterocycles. The highest BCUT2D eigenvalue weighted by Gasteiger charge is 2.32. The number of carbonyl (C=O) groups is 3. The lowest BCUT2D eigenvalue weighted by atomic mass is 10.1. The topological polar surface area (TPSA) is 142 Å². The predicted octanol–water partition coefficient (Wildman–Crippen LogP) is 0.0370. The molecule has 0 aliphatic carbocycles. The van der Waals surface area contributed by atoms with Gasteiger partial charge >= 0.3 is 11.9 Å². The summed E-state index contributed by atoms with van der Waals surface area (Å²) in [6.07, 6.45) is 1.58. The summed E-state index contributed by atoms with van der Waals surface area (Å²) in [7, 11) is 0. The number of anilines is 1. The van der Waals surface area contributed by atoms with Gasteiger partial charge in [-0.2, -0.15) is 0 Å². The molecule has 0 spiro atoms. The molecule has 9 heteroatoms. The Balaban J connectivity index is 1.95. The van der Waals surface area contributed by atoms with Crippen LogP contribution in [0.3, 0.4) is 0 Å². The van der Waals surface area contributed by atoms with E-state index in [1.165, 1.54) is 4.90 Å². The van der Waals surface area contributed by atoms with Crippen molar-refractivity contribution in [3.8, 4) is 5.75 Å². The van der Waals surface area contributed by atoms with Crippen molar-refractivity contribution in [2.75, 3.05) is 24.6 Å². The maximum absolute atomic E-state index is 12.7. The number of ether oxygens (including phenoxy) is 1. The smallest absolute Gasteiger partial charge is 0.323 e. The zero-order chi connectivity index (χ0) is 19.1. The predicted molar refractivity (Wildman–Crippen MR) is 93.2 cm³/mol. The van der Waals surface area contributed by atoms with Crippen LogP contribution in [-0.4, -0.2) is 59.8 Å². The quantitative estimate of drug-likeness (QED) is 0.449. The van der Waals surface area contributed by atoms with E-state index >= 15 is 0 Å². The van der Waals surface area contributed by atoms with E-state index in [1.54, 1.807) is 24.3 Å². The van der Waals surface area contributed by atoms with Gasteiger partial charge in [-0.05, 0) is 31.5 Å². The molecule has 0 aromatic heterocycles. The second-order valence-electron chi connectivity index (χ2n) is 6.04. The largest absolute Gasteiger partial charge is 0.489 e. The lowest BCUT2D eigenvalue weighted by Gasteiger charge is -2.23. The van der Waals surface area contributed by atoms with Crippen molar-refractivity contribution in [1.29, 1.82) is 0 Å². The number of carboxylic acid groups (broad SMARTS) is 2. The SMILES string of the molecule is NC(CCCCN[C@H]1COc2ccccc2N(CC(=O)O)C1=O)C(=O)O. The van der Waals surface area contributed by atoms with Gasteiger partial charge < -0.3 is 26.0 Å². The first kappa shape index (κ1) is 19.7. The molecule has 26 heavy (non-hydrogen) atoms. The fourth-order valence-electron chi connectivity index (χ4n) is 2.69. The average Bonchev–Trinajstić information content (AvgIpc) is 2.72. The summed E-state index contributed by atoms with van der Waals surface area (Å²) < 4.78 is 5.65. The zero-order valence-corrected chi connectivity index (χ0v) is 14.3. The van der Waals surface area contributed by atoms with Crippen molar-refractivity contribution < 1.29 is 29.3 Å². The van der Waals surface area contributed by atoms with Gasteiger partial charge in [0.25, 0.3) is 0 Å². The maximum Gasteiger partial charge on any atom is 0.323 e. The Morgan fingerprint density at radius 3 is 2.73 bits per heavy atom. The summed E-state index contributed by atoms with van der Waals surface area (Å²) >= 11 is 0. The van der Waals surface area contributed by atoms with Gasteiger partial charge in [0.15, 0.2) is 0 Å². The Morgan fingerprint density at radius 2 is 2.04 bits per heavy atom. The van der Waals surface area contributed by atoms with Crippen LogP contribution in [-0.2, 0) is 14.4 Å². The van der Waals surface area contributed by atoms with Crippen LogP contribution in [0.1, 0.15) is 19.3 Å². The number of unbranched alkanes of at least 4 members (excludes halogenated alkanes) is 1. The van der Waals surface area contributed by atoms with Crippen molar-refractivity contribution in [3.63, 3.8) is 0 Å². The van der Waals surface area contributed by atoms with Crippen LogP contribution in [0.15, 0.2) is 24.3 Å². The number of nitrogens with zero attached hydrogens (tertiary/aromatic N) is 1. The lowest BCUT2D eigenvalue weighted by Crippen LogP contribution is -2.50. The van der Waals surface area contributed by atoms with Crippen LogP contribution >= 0.6 is 0 Å². The highest BCUT2D eigenvalue weighted by Crippen LogP contribution is 2.30. The molecule has 2 rings (SSSR count). The second-order valence-corrected chi connectivity index (χ2v) is 6.04. The van der Waals surface area contributed by atoms with E-state index in [9.17, 15) is 14.4 Å². The summed E-state index contributed by atoms with van der Waals surface area (Å²) in [6.45, 7) is 0.0921. The van der Waals surface area contributed by atoms with E-state index in [2.05, 4.69) is 5.32 Å². The van der Waals surface area contributed by atoms with Gasteiger partial charge in [0.05, 0.1) is 5.69 Å². The lowest BCUT2D eigenvalue weighted by molar-refractivity contribution is -0.139. The summed E-state index contributed by atoms with van der Waals surface area (Å²) in [5, 5.41) is 20.9. The molecule has 1 amide bonds. The minimum Gasteiger partial charge on any atom is -0.489 e. The molecular weight excluding hydrogens is 342 g/mol. The number of carbonyl (C=O) groups excluding carboxylic acids is 1. The van der Waals surface area contributed by atoms with Gasteiger partial charge in [-0.25, -0.2) is 0 Å². The van der Waals surface area contributed by atoms with Crippen LogP contribution in [0.5, 0.6) is 5.75 Å². The number of benzene rings is 1. The number of rotatable bonds is 9. The Morgan fingerprint density at radius 1 is 1.31 bits per heavy atom. The van der Waals surface area contributed by atoms with Gasteiger partial charge in [0.1, 0.15) is 31.0 Å². The molecule has 1 aromatic carbocycles. The number of amides is 1. The fourth-order valence-corrected chi connectivity index (χ4v) is 2.69. The molecule has 0 fully saturated rings. The van der Waals surface area contributed by atoms with Gasteiger partial charge in [0, 0.05) is 0 Å². The molecule has 1 aliphatic rings. The highest BCUT2D eigenvalue weighted by atomic mass is 16.5. The van der Waals surface area contributed by atoms with Gasteiger partial charge in [0.2, 0.25) is 5.91 Å². The molecule has 2 atom stereocenters. The van der Waals surface area contributed by atoms with E-state index in [4.69, 9.17) is 20.7 Å². The fraction of sp³-hybridized carbons (Fsp3) is 0.471. The first-order valence-corrected chi connectivity index (χ1v) is 8.37. The number of aliphatic carboxylic acids is 2. The number of nitrogens with two attached hydrogens (primary N) is 1. The zero-order valence-electron chi connectivity index (χ0n) is 14.3. The van der Waals surface area contributed by atoms with Gasteiger partial charge in [-0.3, -0.25) is 19.3 Å². The molecule has 9 nitrogen and oxygen atoms in total. The van der Waals surface area contributed by atoms with Crippen LogP contribution in [0.25, 0.3) is 0 Å². The van der Waals surface area contributed by atoms with Crippen molar-refractivity contribution in [1.82, 2.24) is 5.32 Å². The third kappa shape index (κ3) is 5.17. The maximum atomic E-state index is 12.7. The third-order valence-electron chi connectivity index (χ3n) is 4.07. The second kappa shape index (κ2) is 9.16. The third-order valence-corrected chi connectivity index (χ3v) is 4.07. The summed E-state index contributed by atoms with van der Waals surface area (Å²) in [5.41, 5.74) is 5.87. The van der Waals surface area contributed by atoms with E-state index in [-0.39, 0.29) is 12.5 Å². The Kier molecular flexibility index (Phi) is 6.93. The van der Waals surface area contributed by atoms with E-state index in [1.807, 2.05) is 0 Å². The number of hydrogen-bond acceptors (Lipinski definition) is 6. The number of carboxylic acids is 2. The van der Waals surface area contributed by atoms with Gasteiger partial charge in [-0.15, -0.1) is 0 Å². The molecule has 142 valence electrons. The standard InChI is InChI=1S/C17H23N3O6/c18-11(17(24)25)5-3-4-8-19-12-10-26-14-7-2-1-6-13(14)20(16(12)23)9-15(21)22/h1-2,6-7,11-12,19H,3-5,8-10,18H2,(H,21,22)(H,24,25)/t11?,12-/m0/s1. The molecule has 1 unspecified atom stereocenters. The molecule has 0 saturated heterocycles. The Hall–Kier alpha value is -2.65. The van der Waals surface area contributed by atoms with Crippen molar-refractivity contribution >= 4 is 23.5 Å². The summed E-state index contributed by atoms with van der Waals surface area (Å²) in [5.74, 6) is -2.07. The molecular formula is C17H23N3O6. The highest BCUT2D eigenvalue weighted by molar-refractivity contribution is 6.02. The summed E-state index contributed by atoms with van der Waals surface area (Å²) in [4.78, 5) is 35.7. The molecule has 0 radical (unpaired) electrons. The number of hydrogen-bond donors (Lipinski definition) is 4. The van der Waals surface area contributed by atoms with Crippen LogP contribution in [0.2, 0.25) is 0 Å². The molecule has 0 bridgehead atoms. The normalized spacial score (nSPS) is 17.8. The van der Waals surface area contributed by atoms with Crippen LogP contribution in [0.4, 0.5) is 5.69 Å². The number of nitrogens with one attached hydrogen (secondary N) is 1. The van der Waals surface area contributed by atoms with E-state index < -0.39 is 30.6 Å². The number of para-hydroxylation sites is 2. The van der Waals surface area contributed by atoms with Crippen molar-refractivity contribution in [2.45, 2.75) is 31.3 Å². The van der Waals surface area contributed by atoms with E-state index in [0.717, 1.165) is 0 Å². The van der Waals surface area contributed by atoms with Crippen LogP contribution < -0.4 is 20.7 Å². The summed E-state index contributed by atoms with van der Waals surface area (Å²) in [6, 6.07) is 5.22. The molecule has 1 aromatic rings. The first-order valence-electron chi connectivity index (χ1n) is 8.37. The molecule has 5 N–H and O–H groups in total. The molecule has 0 saturated carbocycles. The minimum absolute atomic E-state index is 0.0839. The monoisotopic (exact) mass is 365 g/mol. The average molecular weight is 365 g/mol. The minimum atomic E-state index is -1.11. The van der Waals surface area contributed by atoms with Crippen LogP contribution in [0, 0.1) is 0 Å². The van der Waals surface area contributed by atoms with Gasteiger partial charge in [-0.1, -0.05) is 18.6 Å². The number of fused-ring (bicyclic) bond motifs is 1.